The molecule has 3 heterocycles. The molecule has 1 aliphatic heterocycles. The van der Waals surface area contributed by atoms with Gasteiger partial charge in [-0.1, -0.05) is 0 Å². The fraction of sp³-hybridized carbons (Fsp3) is 0.333. The van der Waals surface area contributed by atoms with E-state index in [0.29, 0.717) is 0 Å². The molecule has 1 aliphatic rings. The van der Waals surface area contributed by atoms with Gasteiger partial charge < -0.3 is 4.74 Å². The molecule has 0 aliphatic carbocycles. The number of hydrogen-bond donors (Lipinski definition) is 0. The standard InChI is InChI=1S/C9H9N5O/c1-6-2-7(14-5-11-12-13-14)3-10-9(6)8-4-15-8/h2-3,5,8H,4H2,1H3/t8-/m0/s1. The van der Waals surface area contributed by atoms with Gasteiger partial charge in [-0.2, -0.15) is 4.68 Å². The summed E-state index contributed by atoms with van der Waals surface area (Å²) in [5.41, 5.74) is 2.97. The Morgan fingerprint density at radius 2 is 2.40 bits per heavy atom. The zero-order chi connectivity index (χ0) is 10.3. The largest absolute Gasteiger partial charge is 0.366 e. The van der Waals surface area contributed by atoms with Gasteiger partial charge in [0.2, 0.25) is 0 Å². The molecule has 6 nitrogen and oxygen atoms in total. The lowest BCUT2D eigenvalue weighted by molar-refractivity contribution is 0.410. The van der Waals surface area contributed by atoms with Crippen LogP contribution in [-0.2, 0) is 4.74 Å². The van der Waals surface area contributed by atoms with Gasteiger partial charge in [-0.15, -0.1) is 5.10 Å². The van der Waals surface area contributed by atoms with Gasteiger partial charge in [0.15, 0.2) is 0 Å². The Balaban J connectivity index is 2.01. The molecule has 0 radical (unpaired) electrons. The first-order valence-corrected chi connectivity index (χ1v) is 4.66. The van der Waals surface area contributed by atoms with Gasteiger partial charge in [0.05, 0.1) is 24.2 Å². The first-order valence-electron chi connectivity index (χ1n) is 4.66. The highest BCUT2D eigenvalue weighted by Gasteiger charge is 2.27. The van der Waals surface area contributed by atoms with Crippen LogP contribution in [0.5, 0.6) is 0 Å². The van der Waals surface area contributed by atoms with Crippen LogP contribution < -0.4 is 0 Å². The van der Waals surface area contributed by atoms with Crippen molar-refractivity contribution < 1.29 is 4.74 Å². The average Bonchev–Trinajstić information content (AvgIpc) is 2.93. The molecular weight excluding hydrogens is 194 g/mol. The molecule has 1 saturated heterocycles. The van der Waals surface area contributed by atoms with Gasteiger partial charge in [-0.3, -0.25) is 4.98 Å². The normalized spacial score (nSPS) is 19.1. The third kappa shape index (κ3) is 1.48. The van der Waals surface area contributed by atoms with Crippen molar-refractivity contribution in [3.8, 4) is 5.69 Å². The number of nitrogens with zero attached hydrogens (tertiary/aromatic N) is 5. The van der Waals surface area contributed by atoms with Gasteiger partial charge >= 0.3 is 0 Å². The predicted molar refractivity (Wildman–Crippen MR) is 50.4 cm³/mol. The van der Waals surface area contributed by atoms with Crippen LogP contribution in [0.2, 0.25) is 0 Å². The van der Waals surface area contributed by atoms with E-state index in [9.17, 15) is 0 Å². The number of rotatable bonds is 2. The Morgan fingerprint density at radius 1 is 1.53 bits per heavy atom. The van der Waals surface area contributed by atoms with E-state index < -0.39 is 0 Å². The zero-order valence-corrected chi connectivity index (χ0v) is 8.16. The summed E-state index contributed by atoms with van der Waals surface area (Å²) in [6.07, 6.45) is 3.48. The Labute approximate surface area is 85.9 Å². The number of epoxide rings is 1. The Morgan fingerprint density at radius 3 is 3.00 bits per heavy atom. The van der Waals surface area contributed by atoms with Crippen LogP contribution in [0.3, 0.4) is 0 Å². The summed E-state index contributed by atoms with van der Waals surface area (Å²) in [7, 11) is 0. The van der Waals surface area contributed by atoms with E-state index in [1.165, 1.54) is 0 Å². The molecule has 3 rings (SSSR count). The maximum Gasteiger partial charge on any atom is 0.143 e. The topological polar surface area (TPSA) is 69.0 Å². The minimum absolute atomic E-state index is 0.188. The van der Waals surface area contributed by atoms with Crippen LogP contribution in [0.4, 0.5) is 0 Å². The third-order valence-electron chi connectivity index (χ3n) is 2.36. The van der Waals surface area contributed by atoms with E-state index in [4.69, 9.17) is 4.74 Å². The van der Waals surface area contributed by atoms with Gasteiger partial charge in [-0.05, 0) is 29.0 Å². The maximum atomic E-state index is 5.20. The summed E-state index contributed by atoms with van der Waals surface area (Å²) >= 11 is 0. The van der Waals surface area contributed by atoms with E-state index in [1.807, 2.05) is 13.0 Å². The van der Waals surface area contributed by atoms with Crippen molar-refractivity contribution in [2.24, 2.45) is 0 Å². The van der Waals surface area contributed by atoms with Crippen molar-refractivity contribution in [2.75, 3.05) is 6.61 Å². The van der Waals surface area contributed by atoms with Gasteiger partial charge in [0.25, 0.3) is 0 Å². The lowest BCUT2D eigenvalue weighted by atomic mass is 10.1. The van der Waals surface area contributed by atoms with Crippen LogP contribution in [-0.4, -0.2) is 31.8 Å². The molecule has 0 amide bonds. The number of ether oxygens (including phenoxy) is 1. The molecule has 0 N–H and O–H groups in total. The summed E-state index contributed by atoms with van der Waals surface area (Å²) in [6, 6.07) is 2.00. The van der Waals surface area contributed by atoms with Crippen LogP contribution >= 0.6 is 0 Å². The van der Waals surface area contributed by atoms with Crippen molar-refractivity contribution in [1.29, 1.82) is 0 Å². The molecule has 0 unspecified atom stereocenters. The van der Waals surface area contributed by atoms with E-state index in [1.54, 1.807) is 17.2 Å². The first-order chi connectivity index (χ1) is 7.34. The molecule has 1 atom stereocenters. The minimum atomic E-state index is 0.188. The van der Waals surface area contributed by atoms with Crippen molar-refractivity contribution in [2.45, 2.75) is 13.0 Å². The number of pyridine rings is 1. The summed E-state index contributed by atoms with van der Waals surface area (Å²) in [6.45, 7) is 2.79. The number of aryl methyl sites for hydroxylation is 1. The molecule has 0 aromatic carbocycles. The highest BCUT2D eigenvalue weighted by atomic mass is 16.6. The SMILES string of the molecule is Cc1cc(-n2cnnn2)cnc1[C@@H]1CO1. The summed E-state index contributed by atoms with van der Waals surface area (Å²) < 4.78 is 6.78. The fourth-order valence-corrected chi connectivity index (χ4v) is 1.52. The monoisotopic (exact) mass is 203 g/mol. The van der Waals surface area contributed by atoms with Crippen LogP contribution in [0.25, 0.3) is 5.69 Å². The van der Waals surface area contributed by atoms with Crippen molar-refractivity contribution in [3.05, 3.63) is 29.8 Å². The number of hydrogen-bond acceptors (Lipinski definition) is 5. The molecule has 76 valence electrons. The third-order valence-corrected chi connectivity index (χ3v) is 2.36. The Hall–Kier alpha value is -1.82. The summed E-state index contributed by atoms with van der Waals surface area (Å²) in [4.78, 5) is 4.35. The maximum absolute atomic E-state index is 5.20. The quantitative estimate of drug-likeness (QED) is 0.662. The van der Waals surface area contributed by atoms with Gasteiger partial charge in [0.1, 0.15) is 12.4 Å². The molecule has 0 spiro atoms. The molecule has 0 bridgehead atoms. The minimum Gasteiger partial charge on any atom is -0.366 e. The fourth-order valence-electron chi connectivity index (χ4n) is 1.52. The van der Waals surface area contributed by atoms with Gasteiger partial charge in [0, 0.05) is 0 Å². The predicted octanol–water partition coefficient (Wildman–Crippen LogP) is 0.437. The molecule has 2 aromatic rings. The summed E-state index contributed by atoms with van der Waals surface area (Å²) in [5, 5.41) is 11.0. The molecular formula is C9H9N5O. The van der Waals surface area contributed by atoms with E-state index in [-0.39, 0.29) is 6.10 Å². The highest BCUT2D eigenvalue weighted by molar-refractivity contribution is 5.35. The van der Waals surface area contributed by atoms with E-state index in [0.717, 1.165) is 23.6 Å². The molecule has 1 fully saturated rings. The Kier molecular flexibility index (Phi) is 1.75. The van der Waals surface area contributed by atoms with Crippen molar-refractivity contribution >= 4 is 0 Å². The van der Waals surface area contributed by atoms with E-state index >= 15 is 0 Å². The molecule has 0 saturated carbocycles. The molecule has 2 aromatic heterocycles. The highest BCUT2D eigenvalue weighted by Crippen LogP contribution is 2.30. The van der Waals surface area contributed by atoms with Crippen LogP contribution in [0, 0.1) is 6.92 Å². The molecule has 6 heteroatoms. The number of tetrazole rings is 1. The smallest absolute Gasteiger partial charge is 0.143 e. The van der Waals surface area contributed by atoms with E-state index in [2.05, 4.69) is 20.5 Å². The van der Waals surface area contributed by atoms with Crippen molar-refractivity contribution in [1.82, 2.24) is 25.2 Å². The lowest BCUT2D eigenvalue weighted by Gasteiger charge is -2.04. The van der Waals surface area contributed by atoms with Crippen molar-refractivity contribution in [3.63, 3.8) is 0 Å². The second-order valence-electron chi connectivity index (χ2n) is 3.47. The average molecular weight is 203 g/mol. The molecule has 15 heavy (non-hydrogen) atoms. The lowest BCUT2D eigenvalue weighted by Crippen LogP contribution is -2.00. The summed E-state index contributed by atoms with van der Waals surface area (Å²) in [5.74, 6) is 0. The zero-order valence-electron chi connectivity index (χ0n) is 8.16. The van der Waals surface area contributed by atoms with Crippen LogP contribution in [0.15, 0.2) is 18.6 Å². The second-order valence-corrected chi connectivity index (χ2v) is 3.47. The first kappa shape index (κ1) is 8.49. The van der Waals surface area contributed by atoms with Gasteiger partial charge in [-0.25, -0.2) is 0 Å². The second kappa shape index (κ2) is 3.09. The van der Waals surface area contributed by atoms with Crippen LogP contribution in [0.1, 0.15) is 17.4 Å². The number of aromatic nitrogens is 5. The Bertz CT molecular complexity index is 477.